The number of carbonyl (C=O) groups is 3. The van der Waals surface area contributed by atoms with Crippen LogP contribution in [-0.2, 0) is 0 Å². The molecule has 4 heterocycles. The maximum absolute atomic E-state index is 11.4. The molecule has 0 aliphatic heterocycles. The average Bonchev–Trinajstić information content (AvgIpc) is 2.84. The predicted octanol–water partition coefficient (Wildman–Crippen LogP) is 2.15. The highest BCUT2D eigenvalue weighted by molar-refractivity contribution is 5.90. The molecule has 0 fully saturated rings. The Hall–Kier alpha value is -5.13. The summed E-state index contributed by atoms with van der Waals surface area (Å²) in [7, 11) is 0. The van der Waals surface area contributed by atoms with Gasteiger partial charge in [0, 0.05) is 18.6 Å². The highest BCUT2D eigenvalue weighted by Crippen LogP contribution is 2.23. The van der Waals surface area contributed by atoms with E-state index in [1.165, 1.54) is 55.0 Å². The molecule has 12 heteroatoms. The Kier molecular flexibility index (Phi) is 5.47. The van der Waals surface area contributed by atoms with E-state index in [-0.39, 0.29) is 51.2 Å². The zero-order valence-corrected chi connectivity index (χ0v) is 16.4. The molecule has 0 bridgehead atoms. The van der Waals surface area contributed by atoms with Crippen LogP contribution in [0.4, 0.5) is 0 Å². The van der Waals surface area contributed by atoms with Gasteiger partial charge in [-0.3, -0.25) is 15.0 Å². The first-order valence-electron chi connectivity index (χ1n) is 9.17. The zero-order chi connectivity index (χ0) is 23.5. The minimum atomic E-state index is -1.18. The lowest BCUT2D eigenvalue weighted by Crippen LogP contribution is -2.06. The summed E-state index contributed by atoms with van der Waals surface area (Å²) < 4.78 is 0. The van der Waals surface area contributed by atoms with Crippen LogP contribution in [0.1, 0.15) is 31.1 Å². The first-order valence-corrected chi connectivity index (χ1v) is 9.17. The maximum Gasteiger partial charge on any atom is 0.335 e. The first kappa shape index (κ1) is 21.1. The van der Waals surface area contributed by atoms with Crippen molar-refractivity contribution in [3.05, 3.63) is 71.7 Å². The molecule has 0 saturated carbocycles. The van der Waals surface area contributed by atoms with E-state index < -0.39 is 17.9 Å². The lowest BCUT2D eigenvalue weighted by Gasteiger charge is -2.08. The number of aromatic carboxylic acids is 3. The summed E-state index contributed by atoms with van der Waals surface area (Å²) in [6.07, 6.45) is 3.82. The molecular weight excluding hydrogens is 432 g/mol. The van der Waals surface area contributed by atoms with Gasteiger partial charge in [0.15, 0.2) is 17.5 Å². The van der Waals surface area contributed by atoms with Gasteiger partial charge in [-0.2, -0.15) is 0 Å². The van der Waals surface area contributed by atoms with Crippen LogP contribution < -0.4 is 0 Å². The van der Waals surface area contributed by atoms with Crippen LogP contribution in [0.5, 0.6) is 0 Å². The molecule has 4 aromatic heterocycles. The average molecular weight is 444 g/mol. The van der Waals surface area contributed by atoms with Crippen molar-refractivity contribution in [3.8, 4) is 34.6 Å². The SMILES string of the molecule is O=C(O)c1ccnc(-c2nc(-c3cc(C(=O)O)ccn3)nc(-c3cc(C(=O)O)ccn3)n2)c1. The van der Waals surface area contributed by atoms with Crippen molar-refractivity contribution in [2.75, 3.05) is 0 Å². The minimum Gasteiger partial charge on any atom is -0.478 e. The standard InChI is InChI=1S/C21H12N6O6/c28-19(29)10-1-4-22-13(7-10)16-25-17(14-8-11(20(30)31)2-5-23-14)27-18(26-16)15-9-12(21(32)33)3-6-24-15/h1-9H,(H,28,29)(H,30,31)(H,32,33). The minimum absolute atomic E-state index is 0.0387. The topological polar surface area (TPSA) is 189 Å². The van der Waals surface area contributed by atoms with Crippen molar-refractivity contribution in [2.24, 2.45) is 0 Å². The van der Waals surface area contributed by atoms with E-state index in [1.54, 1.807) is 0 Å². The van der Waals surface area contributed by atoms with Crippen LogP contribution in [0.3, 0.4) is 0 Å². The number of pyridine rings is 3. The second kappa shape index (κ2) is 8.55. The number of carboxylic acid groups (broad SMARTS) is 3. The first-order chi connectivity index (χ1) is 15.8. The number of hydrogen-bond acceptors (Lipinski definition) is 9. The van der Waals surface area contributed by atoms with Crippen LogP contribution >= 0.6 is 0 Å². The lowest BCUT2D eigenvalue weighted by atomic mass is 10.2. The monoisotopic (exact) mass is 444 g/mol. The molecule has 33 heavy (non-hydrogen) atoms. The molecule has 0 atom stereocenters. The quantitative estimate of drug-likeness (QED) is 0.393. The molecule has 0 saturated heterocycles. The number of rotatable bonds is 6. The summed E-state index contributed by atoms with van der Waals surface area (Å²) in [4.78, 5) is 59.2. The van der Waals surface area contributed by atoms with Crippen LogP contribution in [-0.4, -0.2) is 63.1 Å². The summed E-state index contributed by atoms with van der Waals surface area (Å²) in [5.74, 6) is -3.66. The number of hydrogen-bond donors (Lipinski definition) is 3. The maximum atomic E-state index is 11.4. The third kappa shape index (κ3) is 4.49. The number of nitrogens with zero attached hydrogens (tertiary/aromatic N) is 6. The molecule has 0 aromatic carbocycles. The predicted molar refractivity (Wildman–Crippen MR) is 110 cm³/mol. The van der Waals surface area contributed by atoms with E-state index in [1.807, 2.05) is 0 Å². The van der Waals surface area contributed by atoms with Gasteiger partial charge in [0.05, 0.1) is 16.7 Å². The van der Waals surface area contributed by atoms with Gasteiger partial charge in [0.25, 0.3) is 0 Å². The second-order valence-corrected chi connectivity index (χ2v) is 6.51. The van der Waals surface area contributed by atoms with Gasteiger partial charge in [-0.25, -0.2) is 29.3 Å². The van der Waals surface area contributed by atoms with Gasteiger partial charge in [-0.15, -0.1) is 0 Å². The third-order valence-corrected chi connectivity index (χ3v) is 4.34. The Morgan fingerprint density at radius 1 is 0.515 bits per heavy atom. The summed E-state index contributed by atoms with van der Waals surface area (Å²) in [6, 6.07) is 7.66. The highest BCUT2D eigenvalue weighted by Gasteiger charge is 2.17. The Bertz CT molecular complexity index is 1240. The van der Waals surface area contributed by atoms with E-state index in [4.69, 9.17) is 0 Å². The third-order valence-electron chi connectivity index (χ3n) is 4.34. The van der Waals surface area contributed by atoms with Crippen LogP contribution in [0, 0.1) is 0 Å². The molecule has 3 N–H and O–H groups in total. The fraction of sp³-hybridized carbons (Fsp3) is 0. The molecule has 4 rings (SSSR count). The smallest absolute Gasteiger partial charge is 0.335 e. The summed E-state index contributed by atoms with van der Waals surface area (Å²) >= 11 is 0. The van der Waals surface area contributed by atoms with Crippen molar-refractivity contribution >= 4 is 17.9 Å². The van der Waals surface area contributed by atoms with Gasteiger partial charge in [0.1, 0.15) is 17.1 Å². The van der Waals surface area contributed by atoms with E-state index in [9.17, 15) is 29.7 Å². The Balaban J connectivity index is 1.94. The fourth-order valence-electron chi connectivity index (χ4n) is 2.78. The van der Waals surface area contributed by atoms with Crippen molar-refractivity contribution in [1.82, 2.24) is 29.9 Å². The normalized spacial score (nSPS) is 10.5. The summed E-state index contributed by atoms with van der Waals surface area (Å²) in [5.41, 5.74) is 0.136. The largest absolute Gasteiger partial charge is 0.478 e. The van der Waals surface area contributed by atoms with Crippen LogP contribution in [0.15, 0.2) is 55.0 Å². The van der Waals surface area contributed by atoms with E-state index in [2.05, 4.69) is 29.9 Å². The molecular formula is C21H12N6O6. The Labute approximate surface area is 184 Å². The van der Waals surface area contributed by atoms with Crippen molar-refractivity contribution in [2.45, 2.75) is 0 Å². The van der Waals surface area contributed by atoms with E-state index >= 15 is 0 Å². The Morgan fingerprint density at radius 2 is 0.788 bits per heavy atom. The molecule has 0 radical (unpaired) electrons. The van der Waals surface area contributed by atoms with Crippen molar-refractivity contribution in [3.63, 3.8) is 0 Å². The van der Waals surface area contributed by atoms with E-state index in [0.29, 0.717) is 0 Å². The summed E-state index contributed by atoms with van der Waals surface area (Å²) in [6.45, 7) is 0. The Morgan fingerprint density at radius 3 is 1.03 bits per heavy atom. The molecule has 0 spiro atoms. The molecule has 12 nitrogen and oxygen atoms in total. The molecule has 0 unspecified atom stereocenters. The zero-order valence-electron chi connectivity index (χ0n) is 16.4. The molecule has 0 amide bonds. The van der Waals surface area contributed by atoms with Gasteiger partial charge in [0.2, 0.25) is 0 Å². The molecule has 0 aliphatic rings. The number of carboxylic acids is 3. The van der Waals surface area contributed by atoms with Gasteiger partial charge >= 0.3 is 17.9 Å². The van der Waals surface area contributed by atoms with Crippen LogP contribution in [0.25, 0.3) is 34.6 Å². The molecule has 4 aromatic rings. The van der Waals surface area contributed by atoms with Gasteiger partial charge in [-0.1, -0.05) is 0 Å². The lowest BCUT2D eigenvalue weighted by molar-refractivity contribution is 0.0686. The summed E-state index contributed by atoms with van der Waals surface area (Å²) in [5, 5.41) is 27.8. The fourth-order valence-corrected chi connectivity index (χ4v) is 2.78. The molecule has 0 aliphatic carbocycles. The van der Waals surface area contributed by atoms with E-state index in [0.717, 1.165) is 0 Å². The second-order valence-electron chi connectivity index (χ2n) is 6.51. The van der Waals surface area contributed by atoms with Crippen molar-refractivity contribution < 1.29 is 29.7 Å². The van der Waals surface area contributed by atoms with Crippen molar-refractivity contribution in [1.29, 1.82) is 0 Å². The number of aromatic nitrogens is 6. The van der Waals surface area contributed by atoms with Crippen LogP contribution in [0.2, 0.25) is 0 Å². The van der Waals surface area contributed by atoms with Gasteiger partial charge < -0.3 is 15.3 Å². The highest BCUT2D eigenvalue weighted by atomic mass is 16.4. The van der Waals surface area contributed by atoms with Gasteiger partial charge in [-0.05, 0) is 36.4 Å². The molecule has 162 valence electrons.